The zero-order valence-corrected chi connectivity index (χ0v) is 15.3. The highest BCUT2D eigenvalue weighted by molar-refractivity contribution is 6.06. The highest BCUT2D eigenvalue weighted by Gasteiger charge is 2.31. The van der Waals surface area contributed by atoms with E-state index in [1.54, 1.807) is 0 Å². The Balaban J connectivity index is 1.67. The van der Waals surface area contributed by atoms with Crippen LogP contribution in [0.3, 0.4) is 0 Å². The van der Waals surface area contributed by atoms with Gasteiger partial charge in [-0.3, -0.25) is 14.5 Å². The Morgan fingerprint density at radius 2 is 2.15 bits per heavy atom. The van der Waals surface area contributed by atoms with E-state index in [9.17, 15) is 4.79 Å². The summed E-state index contributed by atoms with van der Waals surface area (Å²) >= 11 is 0. The van der Waals surface area contributed by atoms with Crippen LogP contribution in [-0.2, 0) is 16.1 Å². The van der Waals surface area contributed by atoms with E-state index < -0.39 is 6.10 Å². The van der Waals surface area contributed by atoms with Crippen molar-refractivity contribution in [3.63, 3.8) is 0 Å². The Morgan fingerprint density at radius 1 is 1.38 bits per heavy atom. The van der Waals surface area contributed by atoms with Crippen molar-refractivity contribution in [2.75, 3.05) is 7.05 Å². The van der Waals surface area contributed by atoms with Gasteiger partial charge < -0.3 is 4.84 Å². The van der Waals surface area contributed by atoms with Crippen molar-refractivity contribution in [1.82, 2.24) is 14.8 Å². The second-order valence-corrected chi connectivity index (χ2v) is 7.20. The molecule has 1 aliphatic carbocycles. The molecule has 1 saturated carbocycles. The monoisotopic (exact) mass is 355 g/mol. The first-order chi connectivity index (χ1) is 12.6. The van der Waals surface area contributed by atoms with E-state index in [1.807, 2.05) is 6.07 Å². The van der Waals surface area contributed by atoms with E-state index in [0.717, 1.165) is 33.9 Å². The van der Waals surface area contributed by atoms with Crippen LogP contribution in [0.15, 0.2) is 23.4 Å². The molecular weight excluding hydrogens is 330 g/mol. The number of oxime groups is 1. The Morgan fingerprint density at radius 3 is 2.85 bits per heavy atom. The molecule has 1 amide bonds. The first-order valence-corrected chi connectivity index (χ1v) is 9.35. The molecule has 0 radical (unpaired) electrons. The van der Waals surface area contributed by atoms with Gasteiger partial charge in [0.15, 0.2) is 0 Å². The van der Waals surface area contributed by atoms with Gasteiger partial charge in [0.05, 0.1) is 23.0 Å². The number of fused-ring (bicyclic) bond motifs is 1. The Labute approximate surface area is 152 Å². The lowest BCUT2D eigenvalue weighted by Gasteiger charge is -2.13. The molecule has 1 aromatic carbocycles. The number of rotatable bonds is 4. The number of aryl methyl sites for hydroxylation is 1. The van der Waals surface area contributed by atoms with Gasteiger partial charge in [-0.05, 0) is 25.3 Å². The molecule has 1 unspecified atom stereocenters. The maximum absolute atomic E-state index is 12.0. The number of aromatic nitrogens is 2. The van der Waals surface area contributed by atoms with Crippen LogP contribution < -0.4 is 5.84 Å². The molecule has 1 atom stereocenters. The van der Waals surface area contributed by atoms with Crippen LogP contribution in [0, 0.1) is 0 Å². The fourth-order valence-electron chi connectivity index (χ4n) is 3.98. The van der Waals surface area contributed by atoms with Gasteiger partial charge in [0.25, 0.3) is 5.91 Å². The minimum absolute atomic E-state index is 0.269. The van der Waals surface area contributed by atoms with Crippen LogP contribution >= 0.6 is 0 Å². The summed E-state index contributed by atoms with van der Waals surface area (Å²) in [5.41, 5.74) is 4.05. The van der Waals surface area contributed by atoms with Gasteiger partial charge >= 0.3 is 0 Å². The van der Waals surface area contributed by atoms with E-state index in [-0.39, 0.29) is 5.91 Å². The zero-order chi connectivity index (χ0) is 18.3. The number of nitrogens with two attached hydrogens (primary N) is 1. The quantitative estimate of drug-likeness (QED) is 0.519. The molecule has 0 saturated heterocycles. The summed E-state index contributed by atoms with van der Waals surface area (Å²) in [6.07, 6.45) is 5.63. The number of hydrogen-bond donors (Lipinski definition) is 1. The Bertz CT molecular complexity index is 864. The second kappa shape index (κ2) is 6.72. The summed E-state index contributed by atoms with van der Waals surface area (Å²) in [4.78, 5) is 17.3. The van der Waals surface area contributed by atoms with Crippen molar-refractivity contribution in [2.24, 2.45) is 11.0 Å². The lowest BCUT2D eigenvalue weighted by Crippen LogP contribution is -2.41. The van der Waals surface area contributed by atoms with Crippen molar-refractivity contribution < 1.29 is 9.63 Å². The fraction of sp³-hybridized carbons (Fsp3) is 0.526. The van der Waals surface area contributed by atoms with Crippen molar-refractivity contribution in [3.05, 3.63) is 29.5 Å². The van der Waals surface area contributed by atoms with Crippen molar-refractivity contribution >= 4 is 22.5 Å². The summed E-state index contributed by atoms with van der Waals surface area (Å²) in [5, 5.41) is 11.3. The van der Waals surface area contributed by atoms with Crippen LogP contribution in [0.4, 0.5) is 0 Å². The summed E-state index contributed by atoms with van der Waals surface area (Å²) in [7, 11) is 1.52. The van der Waals surface area contributed by atoms with Crippen molar-refractivity contribution in [3.8, 4) is 0 Å². The fourth-order valence-corrected chi connectivity index (χ4v) is 3.98. The number of carbonyl (C=O) groups is 1. The minimum atomic E-state index is -0.637. The van der Waals surface area contributed by atoms with E-state index in [0.29, 0.717) is 12.5 Å². The Hall–Kier alpha value is -2.41. The van der Waals surface area contributed by atoms with E-state index in [2.05, 4.69) is 28.9 Å². The molecule has 1 aliphatic heterocycles. The molecule has 0 bridgehead atoms. The Kier molecular flexibility index (Phi) is 4.40. The topological polar surface area (TPSA) is 85.7 Å². The standard InChI is InChI=1S/C19H25N5O2/c1-3-15-14-9-8-12(16-11-18(26-22-16)19(25)23(2)20)10-17(14)24(21-15)13-6-4-5-7-13/h8-10,13,18H,3-7,11,20H2,1-2H3. The molecule has 7 heteroatoms. The molecule has 138 valence electrons. The first kappa shape index (κ1) is 17.0. The molecule has 2 N–H and O–H groups in total. The predicted molar refractivity (Wildman–Crippen MR) is 99.6 cm³/mol. The summed E-state index contributed by atoms with van der Waals surface area (Å²) in [6.45, 7) is 2.14. The molecule has 2 heterocycles. The van der Waals surface area contributed by atoms with Crippen LogP contribution in [0.2, 0.25) is 0 Å². The van der Waals surface area contributed by atoms with Gasteiger partial charge in [0.2, 0.25) is 6.10 Å². The van der Waals surface area contributed by atoms with Gasteiger partial charge in [0.1, 0.15) is 0 Å². The highest BCUT2D eigenvalue weighted by Crippen LogP contribution is 2.33. The third-order valence-corrected chi connectivity index (χ3v) is 5.41. The average Bonchev–Trinajstić information content (AvgIpc) is 3.38. The number of benzene rings is 1. The minimum Gasteiger partial charge on any atom is -0.382 e. The van der Waals surface area contributed by atoms with Gasteiger partial charge in [-0.25, -0.2) is 5.84 Å². The van der Waals surface area contributed by atoms with Crippen LogP contribution in [0.1, 0.15) is 56.3 Å². The normalized spacial score (nSPS) is 20.4. The number of nitrogens with zero attached hydrogens (tertiary/aromatic N) is 4. The van der Waals surface area contributed by atoms with Crippen LogP contribution in [0.5, 0.6) is 0 Å². The molecule has 0 spiro atoms. The number of amides is 1. The molecule has 4 rings (SSSR count). The summed E-state index contributed by atoms with van der Waals surface area (Å²) < 4.78 is 2.21. The van der Waals surface area contributed by atoms with Gasteiger partial charge in [0, 0.05) is 24.4 Å². The zero-order valence-electron chi connectivity index (χ0n) is 15.3. The predicted octanol–water partition coefficient (Wildman–Crippen LogP) is 2.54. The van der Waals surface area contributed by atoms with E-state index in [1.165, 1.54) is 38.1 Å². The van der Waals surface area contributed by atoms with Crippen LogP contribution in [-0.4, -0.2) is 39.6 Å². The summed E-state index contributed by atoms with van der Waals surface area (Å²) in [5.74, 6) is 5.25. The highest BCUT2D eigenvalue weighted by atomic mass is 16.6. The van der Waals surface area contributed by atoms with Gasteiger partial charge in [-0.1, -0.05) is 37.1 Å². The third kappa shape index (κ3) is 2.86. The SMILES string of the molecule is CCc1nn(C2CCCC2)c2cc(C3=NOC(C(=O)N(C)N)C3)ccc12. The van der Waals surface area contributed by atoms with Gasteiger partial charge in [-0.15, -0.1) is 0 Å². The number of carbonyl (C=O) groups excluding carboxylic acids is 1. The van der Waals surface area contributed by atoms with Crippen molar-refractivity contribution in [1.29, 1.82) is 0 Å². The largest absolute Gasteiger partial charge is 0.382 e. The molecule has 7 nitrogen and oxygen atoms in total. The van der Waals surface area contributed by atoms with Crippen molar-refractivity contribution in [2.45, 2.75) is 57.6 Å². The van der Waals surface area contributed by atoms with Gasteiger partial charge in [-0.2, -0.15) is 5.10 Å². The first-order valence-electron chi connectivity index (χ1n) is 9.35. The third-order valence-electron chi connectivity index (χ3n) is 5.41. The average molecular weight is 355 g/mol. The number of hydrazine groups is 1. The van der Waals surface area contributed by atoms with E-state index >= 15 is 0 Å². The molecule has 2 aliphatic rings. The smallest absolute Gasteiger partial charge is 0.280 e. The van der Waals surface area contributed by atoms with Crippen LogP contribution in [0.25, 0.3) is 10.9 Å². The molecule has 1 fully saturated rings. The summed E-state index contributed by atoms with van der Waals surface area (Å²) in [6, 6.07) is 6.79. The molecule has 1 aromatic heterocycles. The van der Waals surface area contributed by atoms with E-state index in [4.69, 9.17) is 15.8 Å². The second-order valence-electron chi connectivity index (χ2n) is 7.20. The maximum Gasteiger partial charge on any atom is 0.280 e. The number of likely N-dealkylation sites (N-methyl/N-ethyl adjacent to an activating group) is 1. The lowest BCUT2D eigenvalue weighted by molar-refractivity contribution is -0.140. The molecule has 26 heavy (non-hydrogen) atoms. The molecular formula is C19H25N5O2. The number of hydrogen-bond acceptors (Lipinski definition) is 5. The lowest BCUT2D eigenvalue weighted by atomic mass is 10.0. The maximum atomic E-state index is 12.0. The molecule has 2 aromatic rings.